The van der Waals surface area contributed by atoms with E-state index in [1.807, 2.05) is 12.1 Å². The van der Waals surface area contributed by atoms with Crippen LogP contribution in [0, 0.1) is 0 Å². The van der Waals surface area contributed by atoms with Crippen molar-refractivity contribution in [2.45, 2.75) is 19.3 Å². The third-order valence-electron chi connectivity index (χ3n) is 2.60. The van der Waals surface area contributed by atoms with E-state index in [-0.39, 0.29) is 0 Å². The van der Waals surface area contributed by atoms with Crippen molar-refractivity contribution in [2.75, 3.05) is 0 Å². The van der Waals surface area contributed by atoms with Crippen LogP contribution in [0.1, 0.15) is 27.9 Å². The lowest BCUT2D eigenvalue weighted by molar-refractivity contribution is 0.0966. The Hall–Kier alpha value is -1.84. The summed E-state index contributed by atoms with van der Waals surface area (Å²) in [5.41, 5.74) is 7.87. The first-order valence-electron chi connectivity index (χ1n) is 4.89. The summed E-state index contributed by atoms with van der Waals surface area (Å²) in [5.74, 6) is -0.433. The molecule has 1 aliphatic rings. The fourth-order valence-electron chi connectivity index (χ4n) is 1.90. The summed E-state index contributed by atoms with van der Waals surface area (Å²) in [5, 5.41) is 2.05. The predicted octanol–water partition coefficient (Wildman–Crippen LogP) is 0.984. The van der Waals surface area contributed by atoms with E-state index in [0.29, 0.717) is 5.56 Å². The number of amides is 3. The number of aryl methyl sites for hydroxylation is 2. The largest absolute Gasteiger partial charge is 0.351 e. The number of rotatable bonds is 1. The molecule has 0 radical (unpaired) electrons. The SMILES string of the molecule is NC(=O)NC(=O)c1ccc2c(c1)CCC2. The molecule has 0 saturated carbocycles. The van der Waals surface area contributed by atoms with Crippen LogP contribution in [0.2, 0.25) is 0 Å². The number of primary amides is 1. The van der Waals surface area contributed by atoms with Crippen LogP contribution in [0.3, 0.4) is 0 Å². The van der Waals surface area contributed by atoms with Crippen LogP contribution in [0.5, 0.6) is 0 Å². The van der Waals surface area contributed by atoms with Gasteiger partial charge in [0.15, 0.2) is 0 Å². The van der Waals surface area contributed by atoms with Gasteiger partial charge < -0.3 is 5.73 Å². The van der Waals surface area contributed by atoms with Crippen LogP contribution in [0.4, 0.5) is 4.79 Å². The first-order chi connectivity index (χ1) is 7.16. The molecule has 0 spiro atoms. The molecule has 15 heavy (non-hydrogen) atoms. The average molecular weight is 204 g/mol. The molecule has 3 amide bonds. The zero-order valence-corrected chi connectivity index (χ0v) is 8.25. The van der Waals surface area contributed by atoms with Gasteiger partial charge in [-0.05, 0) is 42.5 Å². The lowest BCUT2D eigenvalue weighted by Gasteiger charge is -2.03. The predicted molar refractivity (Wildman–Crippen MR) is 55.5 cm³/mol. The Balaban J connectivity index is 2.23. The monoisotopic (exact) mass is 204 g/mol. The summed E-state index contributed by atoms with van der Waals surface area (Å²) < 4.78 is 0. The Morgan fingerprint density at radius 2 is 1.93 bits per heavy atom. The number of carbonyl (C=O) groups excluding carboxylic acids is 2. The third kappa shape index (κ3) is 1.98. The topological polar surface area (TPSA) is 72.2 Å². The second-order valence-electron chi connectivity index (χ2n) is 3.66. The molecule has 0 saturated heterocycles. The number of imide groups is 1. The van der Waals surface area contributed by atoms with Gasteiger partial charge in [0.05, 0.1) is 0 Å². The minimum atomic E-state index is -0.819. The molecule has 0 aliphatic heterocycles. The van der Waals surface area contributed by atoms with Gasteiger partial charge in [-0.1, -0.05) is 6.07 Å². The standard InChI is InChI=1S/C11H12N2O2/c12-11(15)13-10(14)9-5-4-7-2-1-3-8(7)6-9/h4-6H,1-3H2,(H3,12,13,14,15). The number of nitrogens with two attached hydrogens (primary N) is 1. The van der Waals surface area contributed by atoms with E-state index in [9.17, 15) is 9.59 Å². The molecular formula is C11H12N2O2. The maximum Gasteiger partial charge on any atom is 0.319 e. The third-order valence-corrected chi connectivity index (χ3v) is 2.60. The van der Waals surface area contributed by atoms with E-state index in [2.05, 4.69) is 5.32 Å². The maximum atomic E-state index is 11.4. The molecule has 0 heterocycles. The van der Waals surface area contributed by atoms with Crippen molar-refractivity contribution in [1.82, 2.24) is 5.32 Å². The second-order valence-corrected chi connectivity index (χ2v) is 3.66. The van der Waals surface area contributed by atoms with Crippen LogP contribution in [0.25, 0.3) is 0 Å². The summed E-state index contributed by atoms with van der Waals surface area (Å²) in [6.45, 7) is 0. The molecule has 3 N–H and O–H groups in total. The molecule has 2 rings (SSSR count). The van der Waals surface area contributed by atoms with Gasteiger partial charge in [0.2, 0.25) is 0 Å². The Morgan fingerprint density at radius 1 is 1.20 bits per heavy atom. The quantitative estimate of drug-likeness (QED) is 0.715. The molecular weight excluding hydrogens is 192 g/mol. The van der Waals surface area contributed by atoms with Crippen molar-refractivity contribution in [3.63, 3.8) is 0 Å². The fraction of sp³-hybridized carbons (Fsp3) is 0.273. The molecule has 78 valence electrons. The van der Waals surface area contributed by atoms with Crippen molar-refractivity contribution < 1.29 is 9.59 Å². The number of nitrogens with one attached hydrogen (secondary N) is 1. The number of urea groups is 1. The van der Waals surface area contributed by atoms with Crippen LogP contribution in [-0.4, -0.2) is 11.9 Å². The Kier molecular flexibility index (Phi) is 2.41. The highest BCUT2D eigenvalue weighted by molar-refractivity contribution is 6.03. The maximum absolute atomic E-state index is 11.4. The van der Waals surface area contributed by atoms with Gasteiger partial charge in [0.25, 0.3) is 5.91 Å². The fourth-order valence-corrected chi connectivity index (χ4v) is 1.90. The van der Waals surface area contributed by atoms with Crippen LogP contribution < -0.4 is 11.1 Å². The molecule has 0 atom stereocenters. The molecule has 4 heteroatoms. The summed E-state index contributed by atoms with van der Waals surface area (Å²) in [7, 11) is 0. The van der Waals surface area contributed by atoms with Crippen molar-refractivity contribution in [3.05, 3.63) is 34.9 Å². The molecule has 1 aromatic rings. The zero-order valence-electron chi connectivity index (χ0n) is 8.25. The van der Waals surface area contributed by atoms with E-state index in [4.69, 9.17) is 5.73 Å². The first-order valence-corrected chi connectivity index (χ1v) is 4.89. The van der Waals surface area contributed by atoms with Gasteiger partial charge >= 0.3 is 6.03 Å². The van der Waals surface area contributed by atoms with Gasteiger partial charge in [0, 0.05) is 5.56 Å². The van der Waals surface area contributed by atoms with Crippen LogP contribution in [0.15, 0.2) is 18.2 Å². The lowest BCUT2D eigenvalue weighted by Crippen LogP contribution is -2.34. The van der Waals surface area contributed by atoms with E-state index in [1.54, 1.807) is 6.07 Å². The molecule has 0 aromatic heterocycles. The number of fused-ring (bicyclic) bond motifs is 1. The molecule has 1 aliphatic carbocycles. The Bertz CT molecular complexity index is 427. The summed E-state index contributed by atoms with van der Waals surface area (Å²) in [6, 6.07) is 4.68. The number of benzene rings is 1. The van der Waals surface area contributed by atoms with Gasteiger partial charge in [0.1, 0.15) is 0 Å². The Labute approximate surface area is 87.5 Å². The molecule has 0 unspecified atom stereocenters. The number of carbonyl (C=O) groups is 2. The molecule has 1 aromatic carbocycles. The number of hydrogen-bond acceptors (Lipinski definition) is 2. The van der Waals surface area contributed by atoms with Crippen LogP contribution >= 0.6 is 0 Å². The van der Waals surface area contributed by atoms with Gasteiger partial charge in [-0.25, -0.2) is 4.79 Å². The van der Waals surface area contributed by atoms with Crippen molar-refractivity contribution in [1.29, 1.82) is 0 Å². The zero-order chi connectivity index (χ0) is 10.8. The van der Waals surface area contributed by atoms with Crippen molar-refractivity contribution in [2.24, 2.45) is 5.73 Å². The smallest absolute Gasteiger partial charge is 0.319 e. The van der Waals surface area contributed by atoms with E-state index in [1.165, 1.54) is 11.1 Å². The van der Waals surface area contributed by atoms with Crippen molar-refractivity contribution in [3.8, 4) is 0 Å². The summed E-state index contributed by atoms with van der Waals surface area (Å²) >= 11 is 0. The summed E-state index contributed by atoms with van der Waals surface area (Å²) in [4.78, 5) is 22.0. The minimum absolute atomic E-state index is 0.433. The molecule has 0 bridgehead atoms. The second kappa shape index (κ2) is 3.73. The van der Waals surface area contributed by atoms with Crippen LogP contribution in [-0.2, 0) is 12.8 Å². The van der Waals surface area contributed by atoms with Gasteiger partial charge in [-0.2, -0.15) is 0 Å². The number of hydrogen-bond donors (Lipinski definition) is 2. The highest BCUT2D eigenvalue weighted by Crippen LogP contribution is 2.22. The lowest BCUT2D eigenvalue weighted by atomic mass is 10.1. The van der Waals surface area contributed by atoms with E-state index in [0.717, 1.165) is 19.3 Å². The van der Waals surface area contributed by atoms with Gasteiger partial charge in [-0.3, -0.25) is 10.1 Å². The minimum Gasteiger partial charge on any atom is -0.351 e. The van der Waals surface area contributed by atoms with E-state index >= 15 is 0 Å². The van der Waals surface area contributed by atoms with Crippen molar-refractivity contribution >= 4 is 11.9 Å². The average Bonchev–Trinajstić information content (AvgIpc) is 2.62. The van der Waals surface area contributed by atoms with Gasteiger partial charge in [-0.15, -0.1) is 0 Å². The molecule has 0 fully saturated rings. The normalized spacial score (nSPS) is 13.3. The van der Waals surface area contributed by atoms with E-state index < -0.39 is 11.9 Å². The first kappa shape index (κ1) is 9.71. The summed E-state index contributed by atoms with van der Waals surface area (Å²) in [6.07, 6.45) is 3.22. The Morgan fingerprint density at radius 3 is 2.67 bits per heavy atom. The highest BCUT2D eigenvalue weighted by atomic mass is 16.2. The highest BCUT2D eigenvalue weighted by Gasteiger charge is 2.14. The molecule has 4 nitrogen and oxygen atoms in total.